The predicted molar refractivity (Wildman–Crippen MR) is 130 cm³/mol. The van der Waals surface area contributed by atoms with Gasteiger partial charge in [-0.3, -0.25) is 4.79 Å². The third-order valence-corrected chi connectivity index (χ3v) is 7.49. The molecule has 12 heteroatoms. The maximum Gasteiger partial charge on any atom is 0.406 e. The summed E-state index contributed by atoms with van der Waals surface area (Å²) in [5.41, 5.74) is 1.90. The summed E-state index contributed by atoms with van der Waals surface area (Å²) in [4.78, 5) is 28.0. The van der Waals surface area contributed by atoms with Crippen LogP contribution in [0.15, 0.2) is 30.7 Å². The van der Waals surface area contributed by atoms with Gasteiger partial charge in [0.15, 0.2) is 5.82 Å². The summed E-state index contributed by atoms with van der Waals surface area (Å²) in [5.74, 6) is 1.22. The summed E-state index contributed by atoms with van der Waals surface area (Å²) in [6.07, 6.45) is 0.331. The number of halogens is 3. The Hall–Kier alpha value is -3.67. The first kappa shape index (κ1) is 23.7. The second kappa shape index (κ2) is 8.72. The van der Waals surface area contributed by atoms with Crippen LogP contribution in [0.4, 0.5) is 13.2 Å². The van der Waals surface area contributed by atoms with Crippen molar-refractivity contribution in [2.75, 3.05) is 26.7 Å². The number of rotatable bonds is 4. The molecule has 2 aliphatic rings. The molecule has 6 rings (SSSR count). The van der Waals surface area contributed by atoms with Crippen molar-refractivity contribution in [3.63, 3.8) is 0 Å². The number of alkyl halides is 3. The van der Waals surface area contributed by atoms with Crippen molar-refractivity contribution in [1.29, 1.82) is 0 Å². The number of methoxy groups -OCH3 is 1. The van der Waals surface area contributed by atoms with E-state index < -0.39 is 12.7 Å². The SMILES string of the molecule is COc1cc(C(=O)N2CC[C@H]3CCN[C@H]3C2)cc2nc(-c3cc4cncnc4n3CC(F)(F)F)n(C)c12. The largest absolute Gasteiger partial charge is 0.494 e. The Kier molecular flexibility index (Phi) is 5.59. The number of aromatic nitrogens is 5. The highest BCUT2D eigenvalue weighted by atomic mass is 19.4. The van der Waals surface area contributed by atoms with Gasteiger partial charge in [0.2, 0.25) is 0 Å². The van der Waals surface area contributed by atoms with Gasteiger partial charge in [0.25, 0.3) is 5.91 Å². The molecule has 3 aromatic heterocycles. The fourth-order valence-electron chi connectivity index (χ4n) is 5.74. The number of amides is 1. The Morgan fingerprint density at radius 1 is 1.24 bits per heavy atom. The van der Waals surface area contributed by atoms with Crippen LogP contribution in [0.2, 0.25) is 0 Å². The average molecular weight is 514 g/mol. The number of hydrogen-bond acceptors (Lipinski definition) is 6. The Labute approximate surface area is 210 Å². The van der Waals surface area contributed by atoms with Gasteiger partial charge in [-0.15, -0.1) is 0 Å². The van der Waals surface area contributed by atoms with E-state index in [1.165, 1.54) is 19.6 Å². The lowest BCUT2D eigenvalue weighted by molar-refractivity contribution is -0.139. The number of ether oxygens (including phenoxy) is 1. The first-order chi connectivity index (χ1) is 17.7. The second-order valence-electron chi connectivity index (χ2n) is 9.72. The van der Waals surface area contributed by atoms with E-state index in [4.69, 9.17) is 4.74 Å². The van der Waals surface area contributed by atoms with Crippen LogP contribution in [0.1, 0.15) is 23.2 Å². The van der Waals surface area contributed by atoms with Crippen LogP contribution in [0, 0.1) is 5.92 Å². The number of carbonyl (C=O) groups excluding carboxylic acids is 1. The van der Waals surface area contributed by atoms with Crippen LogP contribution in [0.25, 0.3) is 33.6 Å². The lowest BCUT2D eigenvalue weighted by Gasteiger charge is -2.35. The highest BCUT2D eigenvalue weighted by molar-refractivity contribution is 6.00. The number of likely N-dealkylation sites (tertiary alicyclic amines) is 1. The lowest BCUT2D eigenvalue weighted by atomic mass is 9.92. The molecule has 1 aromatic carbocycles. The van der Waals surface area contributed by atoms with E-state index >= 15 is 0 Å². The molecule has 5 heterocycles. The van der Waals surface area contributed by atoms with Crippen molar-refractivity contribution in [2.45, 2.75) is 31.6 Å². The fraction of sp³-hybridized carbons (Fsp3) is 0.440. The molecule has 0 aliphatic carbocycles. The third-order valence-electron chi connectivity index (χ3n) is 7.49. The molecule has 2 atom stereocenters. The molecule has 37 heavy (non-hydrogen) atoms. The van der Waals surface area contributed by atoms with E-state index in [1.54, 1.807) is 29.8 Å². The molecule has 2 aliphatic heterocycles. The molecular weight excluding hydrogens is 487 g/mol. The van der Waals surface area contributed by atoms with Gasteiger partial charge in [-0.05, 0) is 43.5 Å². The zero-order chi connectivity index (χ0) is 25.9. The van der Waals surface area contributed by atoms with Gasteiger partial charge < -0.3 is 24.1 Å². The van der Waals surface area contributed by atoms with E-state index in [0.717, 1.165) is 24.0 Å². The number of imidazole rings is 1. The molecule has 0 saturated carbocycles. The Bertz CT molecular complexity index is 1510. The number of benzene rings is 1. The minimum atomic E-state index is -4.46. The summed E-state index contributed by atoms with van der Waals surface area (Å²) in [5, 5.41) is 3.95. The smallest absolute Gasteiger partial charge is 0.406 e. The molecule has 0 spiro atoms. The maximum absolute atomic E-state index is 13.5. The van der Waals surface area contributed by atoms with Gasteiger partial charge in [-0.1, -0.05) is 0 Å². The van der Waals surface area contributed by atoms with Crippen molar-refractivity contribution in [3.8, 4) is 17.3 Å². The minimum absolute atomic E-state index is 0.110. The number of nitrogens with zero attached hydrogens (tertiary/aromatic N) is 6. The Balaban J connectivity index is 1.44. The molecular formula is C25H26F3N7O2. The second-order valence-corrected chi connectivity index (χ2v) is 9.72. The van der Waals surface area contributed by atoms with Crippen LogP contribution in [-0.4, -0.2) is 73.9 Å². The minimum Gasteiger partial charge on any atom is -0.494 e. The molecule has 4 aromatic rings. The first-order valence-corrected chi connectivity index (χ1v) is 12.2. The summed E-state index contributed by atoms with van der Waals surface area (Å²) in [7, 11) is 3.21. The number of piperidine rings is 1. The van der Waals surface area contributed by atoms with Crippen LogP contribution in [0.5, 0.6) is 5.75 Å². The van der Waals surface area contributed by atoms with Crippen LogP contribution >= 0.6 is 0 Å². The highest BCUT2D eigenvalue weighted by Crippen LogP contribution is 2.35. The van der Waals surface area contributed by atoms with E-state index in [0.29, 0.717) is 58.6 Å². The van der Waals surface area contributed by atoms with Crippen molar-refractivity contribution >= 4 is 28.0 Å². The first-order valence-electron chi connectivity index (χ1n) is 12.2. The fourth-order valence-corrected chi connectivity index (χ4v) is 5.74. The molecule has 1 amide bonds. The molecule has 0 unspecified atom stereocenters. The predicted octanol–water partition coefficient (Wildman–Crippen LogP) is 3.38. The van der Waals surface area contributed by atoms with Crippen LogP contribution in [-0.2, 0) is 13.6 Å². The number of nitrogens with one attached hydrogen (secondary N) is 1. The zero-order valence-electron chi connectivity index (χ0n) is 20.4. The van der Waals surface area contributed by atoms with Crippen LogP contribution < -0.4 is 10.1 Å². The maximum atomic E-state index is 13.5. The molecule has 2 saturated heterocycles. The van der Waals surface area contributed by atoms with Gasteiger partial charge in [-0.2, -0.15) is 13.2 Å². The summed E-state index contributed by atoms with van der Waals surface area (Å²) >= 11 is 0. The molecule has 0 bridgehead atoms. The van der Waals surface area contributed by atoms with E-state index in [9.17, 15) is 18.0 Å². The number of fused-ring (bicyclic) bond motifs is 3. The van der Waals surface area contributed by atoms with Gasteiger partial charge in [0, 0.05) is 43.3 Å². The third kappa shape index (κ3) is 4.08. The monoisotopic (exact) mass is 513 g/mol. The average Bonchev–Trinajstić information content (AvgIpc) is 3.57. The van der Waals surface area contributed by atoms with Gasteiger partial charge in [0.1, 0.15) is 29.8 Å². The quantitative estimate of drug-likeness (QED) is 0.450. The van der Waals surface area contributed by atoms with Gasteiger partial charge >= 0.3 is 6.18 Å². The van der Waals surface area contributed by atoms with Gasteiger partial charge in [0.05, 0.1) is 18.3 Å². The Morgan fingerprint density at radius 3 is 2.86 bits per heavy atom. The van der Waals surface area contributed by atoms with Crippen molar-refractivity contribution in [1.82, 2.24) is 34.3 Å². The van der Waals surface area contributed by atoms with Crippen LogP contribution in [0.3, 0.4) is 0 Å². The standard InChI is InChI=1S/C25H26F3N7O2/c1-33-21-17(32-23(33)19-8-16-10-29-13-31-22(16)35(19)12-25(26,27)28)7-15(9-20(21)37-2)24(36)34-6-4-14-3-5-30-18(14)11-34/h7-10,13-14,18,30H,3-6,11-12H2,1-2H3/t14-,18+/m1/s1. The molecule has 194 valence electrons. The van der Waals surface area contributed by atoms with Crippen molar-refractivity contribution in [3.05, 3.63) is 36.3 Å². The zero-order valence-corrected chi connectivity index (χ0v) is 20.4. The summed E-state index contributed by atoms with van der Waals surface area (Å²) < 4.78 is 48.9. The normalized spacial score (nSPS) is 20.1. The van der Waals surface area contributed by atoms with Crippen molar-refractivity contribution < 1.29 is 22.7 Å². The molecule has 0 radical (unpaired) electrons. The topological polar surface area (TPSA) is 90.1 Å². The lowest BCUT2D eigenvalue weighted by Crippen LogP contribution is -2.48. The molecule has 2 fully saturated rings. The van der Waals surface area contributed by atoms with Gasteiger partial charge in [-0.25, -0.2) is 15.0 Å². The number of carbonyl (C=O) groups is 1. The molecule has 1 N–H and O–H groups in total. The highest BCUT2D eigenvalue weighted by Gasteiger charge is 2.35. The number of hydrogen-bond donors (Lipinski definition) is 1. The molecule has 9 nitrogen and oxygen atoms in total. The van der Waals surface area contributed by atoms with Crippen molar-refractivity contribution in [2.24, 2.45) is 13.0 Å². The van der Waals surface area contributed by atoms with E-state index in [1.807, 2.05) is 4.90 Å². The number of aryl methyl sites for hydroxylation is 1. The summed E-state index contributed by atoms with van der Waals surface area (Å²) in [6.45, 7) is 1.09. The summed E-state index contributed by atoms with van der Waals surface area (Å²) in [6, 6.07) is 5.28. The van der Waals surface area contributed by atoms with E-state index in [2.05, 4.69) is 20.3 Å². The Morgan fingerprint density at radius 2 is 2.08 bits per heavy atom. The van der Waals surface area contributed by atoms with E-state index in [-0.39, 0.29) is 17.2 Å².